The van der Waals surface area contributed by atoms with Crippen molar-refractivity contribution in [3.05, 3.63) is 59.1 Å². The van der Waals surface area contributed by atoms with Crippen molar-refractivity contribution >= 4 is 43.9 Å². The highest BCUT2D eigenvalue weighted by molar-refractivity contribution is 7.22. The largest absolute Gasteiger partial charge is 0.494 e. The van der Waals surface area contributed by atoms with Crippen LogP contribution in [0.2, 0.25) is 0 Å². The molecule has 4 aromatic rings. The number of aromatic nitrogens is 2. The van der Waals surface area contributed by atoms with Gasteiger partial charge in [0.1, 0.15) is 16.3 Å². The molecule has 2 heterocycles. The Morgan fingerprint density at radius 1 is 1.12 bits per heavy atom. The van der Waals surface area contributed by atoms with Gasteiger partial charge >= 0.3 is 0 Å². The standard InChI is InChI=1S/C19H15N3O2S2/c1-11-10-25-18(20-11)13-8-6-12(7-9-13)17(23)22-19-21-16-14(24-2)4-3-5-15(16)26-19/h3-10H,1-2H3,(H,21,22,23). The number of nitrogens with one attached hydrogen (secondary N) is 1. The molecule has 4 rings (SSSR count). The van der Waals surface area contributed by atoms with Gasteiger partial charge in [-0.1, -0.05) is 29.5 Å². The number of hydrogen-bond acceptors (Lipinski definition) is 6. The summed E-state index contributed by atoms with van der Waals surface area (Å²) in [6.07, 6.45) is 0. The minimum atomic E-state index is -0.190. The Morgan fingerprint density at radius 2 is 1.92 bits per heavy atom. The Morgan fingerprint density at radius 3 is 2.62 bits per heavy atom. The number of carbonyl (C=O) groups excluding carboxylic acids is 1. The first-order valence-corrected chi connectivity index (χ1v) is 9.61. The van der Waals surface area contributed by atoms with Crippen LogP contribution in [-0.4, -0.2) is 23.0 Å². The molecule has 0 bridgehead atoms. The van der Waals surface area contributed by atoms with Gasteiger partial charge in [-0.2, -0.15) is 0 Å². The number of hydrogen-bond donors (Lipinski definition) is 1. The lowest BCUT2D eigenvalue weighted by molar-refractivity contribution is 0.102. The molecule has 0 fully saturated rings. The Labute approximate surface area is 158 Å². The first kappa shape index (κ1) is 16.7. The summed E-state index contributed by atoms with van der Waals surface area (Å²) in [5, 5.41) is 6.38. The lowest BCUT2D eigenvalue weighted by atomic mass is 10.1. The van der Waals surface area contributed by atoms with Gasteiger partial charge in [-0.15, -0.1) is 11.3 Å². The number of aryl methyl sites for hydroxylation is 1. The molecule has 0 saturated heterocycles. The number of fused-ring (bicyclic) bond motifs is 1. The van der Waals surface area contributed by atoms with Crippen molar-refractivity contribution in [2.24, 2.45) is 0 Å². The summed E-state index contributed by atoms with van der Waals surface area (Å²) < 4.78 is 6.28. The van der Waals surface area contributed by atoms with E-state index in [2.05, 4.69) is 15.3 Å². The van der Waals surface area contributed by atoms with Gasteiger partial charge in [-0.25, -0.2) is 9.97 Å². The number of methoxy groups -OCH3 is 1. The van der Waals surface area contributed by atoms with Crippen LogP contribution in [0.25, 0.3) is 20.8 Å². The molecule has 0 spiro atoms. The molecule has 2 aromatic carbocycles. The fourth-order valence-corrected chi connectivity index (χ4v) is 4.24. The van der Waals surface area contributed by atoms with Crippen LogP contribution in [0.4, 0.5) is 5.13 Å². The van der Waals surface area contributed by atoms with Crippen molar-refractivity contribution in [3.8, 4) is 16.3 Å². The van der Waals surface area contributed by atoms with Crippen molar-refractivity contribution in [2.75, 3.05) is 12.4 Å². The van der Waals surface area contributed by atoms with E-state index in [0.717, 1.165) is 26.5 Å². The minimum Gasteiger partial charge on any atom is -0.494 e. The Bertz CT molecular complexity index is 1080. The minimum absolute atomic E-state index is 0.190. The molecule has 7 heteroatoms. The SMILES string of the molecule is COc1cccc2sc(NC(=O)c3ccc(-c4nc(C)cs4)cc3)nc12. The summed E-state index contributed by atoms with van der Waals surface area (Å²) in [6.45, 7) is 1.97. The highest BCUT2D eigenvalue weighted by Gasteiger charge is 2.13. The first-order chi connectivity index (χ1) is 12.6. The van der Waals surface area contributed by atoms with E-state index in [4.69, 9.17) is 4.74 Å². The number of carbonyl (C=O) groups is 1. The summed E-state index contributed by atoms with van der Waals surface area (Å²) >= 11 is 3.01. The molecule has 0 atom stereocenters. The fourth-order valence-electron chi connectivity index (χ4n) is 2.56. The molecule has 0 radical (unpaired) electrons. The number of benzene rings is 2. The molecule has 5 nitrogen and oxygen atoms in total. The predicted molar refractivity (Wildman–Crippen MR) is 106 cm³/mol. The van der Waals surface area contributed by atoms with Gasteiger partial charge < -0.3 is 4.74 Å². The van der Waals surface area contributed by atoms with Crippen molar-refractivity contribution in [1.82, 2.24) is 9.97 Å². The zero-order chi connectivity index (χ0) is 18.1. The summed E-state index contributed by atoms with van der Waals surface area (Å²) in [7, 11) is 1.61. The van der Waals surface area contributed by atoms with Crippen molar-refractivity contribution in [1.29, 1.82) is 0 Å². The zero-order valence-corrected chi connectivity index (χ0v) is 15.8. The molecule has 0 saturated carbocycles. The normalized spacial score (nSPS) is 10.8. The zero-order valence-electron chi connectivity index (χ0n) is 14.1. The smallest absolute Gasteiger partial charge is 0.257 e. The summed E-state index contributed by atoms with van der Waals surface area (Å²) in [6, 6.07) is 13.1. The van der Waals surface area contributed by atoms with E-state index in [1.807, 2.05) is 42.6 Å². The van der Waals surface area contributed by atoms with Crippen LogP contribution in [0.5, 0.6) is 5.75 Å². The van der Waals surface area contributed by atoms with Gasteiger partial charge in [0.25, 0.3) is 5.91 Å². The molecule has 1 amide bonds. The molecule has 1 N–H and O–H groups in total. The van der Waals surface area contributed by atoms with E-state index in [1.54, 1.807) is 30.6 Å². The van der Waals surface area contributed by atoms with E-state index >= 15 is 0 Å². The van der Waals surface area contributed by atoms with Crippen LogP contribution in [-0.2, 0) is 0 Å². The van der Waals surface area contributed by atoms with Gasteiger partial charge in [0.15, 0.2) is 5.13 Å². The van der Waals surface area contributed by atoms with Crippen molar-refractivity contribution in [2.45, 2.75) is 6.92 Å². The van der Waals surface area contributed by atoms with E-state index in [1.165, 1.54) is 11.3 Å². The van der Waals surface area contributed by atoms with E-state index < -0.39 is 0 Å². The van der Waals surface area contributed by atoms with Crippen LogP contribution < -0.4 is 10.1 Å². The lowest BCUT2D eigenvalue weighted by Crippen LogP contribution is -2.11. The molecule has 0 aliphatic heterocycles. The van der Waals surface area contributed by atoms with Crippen molar-refractivity contribution < 1.29 is 9.53 Å². The third-order valence-corrected chi connectivity index (χ3v) is 5.78. The maximum absolute atomic E-state index is 12.5. The van der Waals surface area contributed by atoms with Crippen LogP contribution >= 0.6 is 22.7 Å². The second-order valence-electron chi connectivity index (χ2n) is 5.65. The number of amides is 1. The summed E-state index contributed by atoms with van der Waals surface area (Å²) in [5.74, 6) is 0.507. The van der Waals surface area contributed by atoms with E-state index in [9.17, 15) is 4.79 Å². The molecular formula is C19H15N3O2S2. The predicted octanol–water partition coefficient (Wildman–Crippen LogP) is 4.99. The maximum Gasteiger partial charge on any atom is 0.257 e. The monoisotopic (exact) mass is 381 g/mol. The lowest BCUT2D eigenvalue weighted by Gasteiger charge is -2.03. The Kier molecular flexibility index (Phi) is 4.40. The topological polar surface area (TPSA) is 64.1 Å². The van der Waals surface area contributed by atoms with Crippen LogP contribution in [0, 0.1) is 6.92 Å². The number of nitrogens with zero attached hydrogens (tertiary/aromatic N) is 2. The number of anilines is 1. The van der Waals surface area contributed by atoms with Gasteiger partial charge in [0.05, 0.1) is 11.8 Å². The molecule has 0 unspecified atom stereocenters. The molecule has 0 aliphatic carbocycles. The molecule has 130 valence electrons. The maximum atomic E-state index is 12.5. The number of para-hydroxylation sites is 1. The Balaban J connectivity index is 1.54. The van der Waals surface area contributed by atoms with E-state index in [0.29, 0.717) is 16.4 Å². The van der Waals surface area contributed by atoms with Crippen LogP contribution in [0.1, 0.15) is 16.1 Å². The second-order valence-corrected chi connectivity index (χ2v) is 7.54. The molecule has 0 aliphatic rings. The summed E-state index contributed by atoms with van der Waals surface area (Å²) in [5.41, 5.74) is 3.33. The first-order valence-electron chi connectivity index (χ1n) is 7.91. The van der Waals surface area contributed by atoms with Gasteiger partial charge in [0, 0.05) is 22.2 Å². The van der Waals surface area contributed by atoms with Gasteiger partial charge in [0.2, 0.25) is 0 Å². The highest BCUT2D eigenvalue weighted by Crippen LogP contribution is 2.32. The van der Waals surface area contributed by atoms with Gasteiger partial charge in [-0.05, 0) is 31.2 Å². The van der Waals surface area contributed by atoms with Gasteiger partial charge in [-0.3, -0.25) is 10.1 Å². The number of thiazole rings is 2. The average Bonchev–Trinajstić information content (AvgIpc) is 3.27. The Hall–Kier alpha value is -2.77. The van der Waals surface area contributed by atoms with Crippen molar-refractivity contribution in [3.63, 3.8) is 0 Å². The molecule has 2 aromatic heterocycles. The molecule has 26 heavy (non-hydrogen) atoms. The fraction of sp³-hybridized carbons (Fsp3) is 0.105. The number of ether oxygens (including phenoxy) is 1. The molecular weight excluding hydrogens is 366 g/mol. The summed E-state index contributed by atoms with van der Waals surface area (Å²) in [4.78, 5) is 21.4. The third-order valence-electron chi connectivity index (χ3n) is 3.84. The number of rotatable bonds is 4. The van der Waals surface area contributed by atoms with E-state index in [-0.39, 0.29) is 5.91 Å². The van der Waals surface area contributed by atoms with Crippen LogP contribution in [0.15, 0.2) is 47.8 Å². The second kappa shape index (κ2) is 6.86. The third kappa shape index (κ3) is 3.18. The highest BCUT2D eigenvalue weighted by atomic mass is 32.1. The quantitative estimate of drug-likeness (QED) is 0.541. The van der Waals surface area contributed by atoms with Crippen LogP contribution in [0.3, 0.4) is 0 Å². The average molecular weight is 381 g/mol.